The van der Waals surface area contributed by atoms with Gasteiger partial charge in [0, 0.05) is 24.2 Å². The van der Waals surface area contributed by atoms with Gasteiger partial charge in [0.1, 0.15) is 5.65 Å². The van der Waals surface area contributed by atoms with Crippen molar-refractivity contribution in [2.24, 2.45) is 0 Å². The molecule has 1 aliphatic carbocycles. The lowest BCUT2D eigenvalue weighted by Gasteiger charge is -2.22. The van der Waals surface area contributed by atoms with Gasteiger partial charge in [0.15, 0.2) is 0 Å². The van der Waals surface area contributed by atoms with Gasteiger partial charge in [-0.15, -0.1) is 0 Å². The minimum atomic E-state index is -0.382. The van der Waals surface area contributed by atoms with Crippen LogP contribution in [0.25, 0.3) is 21.9 Å². The Labute approximate surface area is 173 Å². The summed E-state index contributed by atoms with van der Waals surface area (Å²) in [5.41, 5.74) is 7.43. The second kappa shape index (κ2) is 8.33. The highest BCUT2D eigenvalue weighted by Crippen LogP contribution is 2.39. The van der Waals surface area contributed by atoms with Crippen molar-refractivity contribution >= 4 is 27.6 Å². The van der Waals surface area contributed by atoms with Crippen LogP contribution in [-0.4, -0.2) is 52.8 Å². The topological polar surface area (TPSA) is 53.3 Å². The van der Waals surface area contributed by atoms with Crippen LogP contribution in [0.15, 0.2) is 18.2 Å². The third-order valence-electron chi connectivity index (χ3n) is 5.98. The van der Waals surface area contributed by atoms with Gasteiger partial charge in [0.25, 0.3) is 0 Å². The molecule has 5 heteroatoms. The minimum Gasteiger partial charge on any atom is -0.392 e. The highest BCUT2D eigenvalue weighted by Gasteiger charge is 2.23. The fourth-order valence-corrected chi connectivity index (χ4v) is 4.59. The Kier molecular flexibility index (Phi) is 5.79. The van der Waals surface area contributed by atoms with Crippen LogP contribution < -0.4 is 5.32 Å². The molecule has 2 N–H and O–H groups in total. The van der Waals surface area contributed by atoms with E-state index in [2.05, 4.69) is 54.0 Å². The van der Waals surface area contributed by atoms with Crippen molar-refractivity contribution < 1.29 is 5.11 Å². The number of rotatable bonds is 7. The molecule has 0 saturated carbocycles. The second-order valence-corrected chi connectivity index (χ2v) is 8.88. The van der Waals surface area contributed by atoms with Gasteiger partial charge in [-0.05, 0) is 84.3 Å². The Morgan fingerprint density at radius 3 is 2.79 bits per heavy atom. The number of hydrogen-bond acceptors (Lipinski definition) is 4. The molecular weight excluding hydrogens is 360 g/mol. The number of aliphatic hydroxyl groups is 1. The van der Waals surface area contributed by atoms with E-state index in [-0.39, 0.29) is 6.10 Å². The molecule has 0 spiro atoms. The number of aliphatic hydroxyl groups excluding tert-OH is 1. The molecular formula is C24H34N4O. The first-order chi connectivity index (χ1) is 14.0. The van der Waals surface area contributed by atoms with Gasteiger partial charge in [-0.25, -0.2) is 4.98 Å². The number of fused-ring (bicyclic) bond motifs is 4. The lowest BCUT2D eigenvalue weighted by Crippen LogP contribution is -2.19. The predicted molar refractivity (Wildman–Crippen MR) is 122 cm³/mol. The van der Waals surface area contributed by atoms with Crippen molar-refractivity contribution in [3.05, 3.63) is 35.0 Å². The van der Waals surface area contributed by atoms with Crippen LogP contribution in [0.4, 0.5) is 5.69 Å². The van der Waals surface area contributed by atoms with E-state index in [9.17, 15) is 5.11 Å². The summed E-state index contributed by atoms with van der Waals surface area (Å²) in [6, 6.07) is 6.75. The first kappa shape index (κ1) is 20.2. The fourth-order valence-electron chi connectivity index (χ4n) is 4.59. The highest BCUT2D eigenvalue weighted by molar-refractivity contribution is 6.13. The summed E-state index contributed by atoms with van der Waals surface area (Å²) in [6.45, 7) is 6.58. The molecule has 1 unspecified atom stereocenters. The van der Waals surface area contributed by atoms with Crippen molar-refractivity contribution in [1.29, 1.82) is 0 Å². The maximum Gasteiger partial charge on any atom is 0.143 e. The molecule has 0 amide bonds. The molecule has 2 heterocycles. The summed E-state index contributed by atoms with van der Waals surface area (Å²) in [5, 5.41) is 16.0. The van der Waals surface area contributed by atoms with Crippen LogP contribution in [0, 0.1) is 6.92 Å². The normalized spacial score (nSPS) is 15.2. The Balaban J connectivity index is 1.95. The zero-order chi connectivity index (χ0) is 20.5. The molecule has 1 aromatic carbocycles. The van der Waals surface area contributed by atoms with Gasteiger partial charge >= 0.3 is 0 Å². The van der Waals surface area contributed by atoms with Gasteiger partial charge in [0.2, 0.25) is 0 Å². The monoisotopic (exact) mass is 394 g/mol. The van der Waals surface area contributed by atoms with Gasteiger partial charge < -0.3 is 19.9 Å². The quantitative estimate of drug-likeness (QED) is 0.633. The number of benzene rings is 1. The van der Waals surface area contributed by atoms with Crippen molar-refractivity contribution in [3.8, 4) is 0 Å². The largest absolute Gasteiger partial charge is 0.392 e. The van der Waals surface area contributed by atoms with E-state index in [1.807, 2.05) is 6.92 Å². The standard InChI is InChI=1S/C24H34N4O/c1-16-10-11-21-19(14-16)22-23(25-15-17(2)29)18-8-5-6-9-20(18)26-24(22)28(21)13-7-12-27(3)4/h10-11,14,17,29H,5-9,12-13,15H2,1-4H3,(H,25,26). The SMILES string of the molecule is Cc1ccc2c(c1)c1c(NCC(C)O)c3c(nc1n2CCCN(C)C)CCCC3. The molecule has 1 atom stereocenters. The average Bonchev–Trinajstić information content (AvgIpc) is 2.97. The number of nitrogens with one attached hydrogen (secondary N) is 1. The number of anilines is 1. The molecule has 0 aliphatic heterocycles. The van der Waals surface area contributed by atoms with E-state index in [0.29, 0.717) is 6.54 Å². The lowest BCUT2D eigenvalue weighted by atomic mass is 9.93. The zero-order valence-electron chi connectivity index (χ0n) is 18.3. The Morgan fingerprint density at radius 2 is 2.03 bits per heavy atom. The molecule has 156 valence electrons. The summed E-state index contributed by atoms with van der Waals surface area (Å²) in [7, 11) is 4.25. The Hall–Kier alpha value is -2.11. The number of nitrogens with zero attached hydrogens (tertiary/aromatic N) is 3. The number of aromatic nitrogens is 2. The van der Waals surface area contributed by atoms with Crippen LogP contribution in [0.2, 0.25) is 0 Å². The molecule has 0 saturated heterocycles. The minimum absolute atomic E-state index is 0.382. The first-order valence-corrected chi connectivity index (χ1v) is 11.0. The molecule has 29 heavy (non-hydrogen) atoms. The first-order valence-electron chi connectivity index (χ1n) is 11.0. The van der Waals surface area contributed by atoms with Crippen molar-refractivity contribution in [3.63, 3.8) is 0 Å². The second-order valence-electron chi connectivity index (χ2n) is 8.88. The van der Waals surface area contributed by atoms with Crippen LogP contribution in [0.1, 0.15) is 43.0 Å². The fraction of sp³-hybridized carbons (Fsp3) is 0.542. The number of pyridine rings is 1. The van der Waals surface area contributed by atoms with Crippen LogP contribution >= 0.6 is 0 Å². The molecule has 2 aromatic heterocycles. The third kappa shape index (κ3) is 3.99. The zero-order valence-corrected chi connectivity index (χ0v) is 18.3. The number of aryl methyl sites for hydroxylation is 3. The lowest BCUT2D eigenvalue weighted by molar-refractivity contribution is 0.208. The Morgan fingerprint density at radius 1 is 1.24 bits per heavy atom. The van der Waals surface area contributed by atoms with Crippen molar-refractivity contribution in [2.45, 2.75) is 58.6 Å². The van der Waals surface area contributed by atoms with Crippen LogP contribution in [-0.2, 0) is 19.4 Å². The average molecular weight is 395 g/mol. The molecule has 0 fully saturated rings. The van der Waals surface area contributed by atoms with E-state index in [1.54, 1.807) is 0 Å². The van der Waals surface area contributed by atoms with E-state index >= 15 is 0 Å². The summed E-state index contributed by atoms with van der Waals surface area (Å²) in [5.74, 6) is 0. The van der Waals surface area contributed by atoms with Gasteiger partial charge in [-0.3, -0.25) is 0 Å². The summed E-state index contributed by atoms with van der Waals surface area (Å²) in [6.07, 6.45) is 5.25. The molecule has 3 aromatic rings. The summed E-state index contributed by atoms with van der Waals surface area (Å²) in [4.78, 5) is 7.45. The predicted octanol–water partition coefficient (Wildman–Crippen LogP) is 4.12. The summed E-state index contributed by atoms with van der Waals surface area (Å²) >= 11 is 0. The van der Waals surface area contributed by atoms with Crippen LogP contribution in [0.5, 0.6) is 0 Å². The number of hydrogen-bond donors (Lipinski definition) is 2. The smallest absolute Gasteiger partial charge is 0.143 e. The van der Waals surface area contributed by atoms with E-state index in [4.69, 9.17) is 4.98 Å². The molecule has 1 aliphatic rings. The van der Waals surface area contributed by atoms with E-state index < -0.39 is 0 Å². The van der Waals surface area contributed by atoms with E-state index in [0.717, 1.165) is 38.0 Å². The van der Waals surface area contributed by atoms with Gasteiger partial charge in [0.05, 0.1) is 22.7 Å². The van der Waals surface area contributed by atoms with Crippen LogP contribution in [0.3, 0.4) is 0 Å². The molecule has 5 nitrogen and oxygen atoms in total. The molecule has 0 radical (unpaired) electrons. The van der Waals surface area contributed by atoms with E-state index in [1.165, 1.54) is 51.6 Å². The van der Waals surface area contributed by atoms with Crippen molar-refractivity contribution in [1.82, 2.24) is 14.5 Å². The maximum absolute atomic E-state index is 9.93. The van der Waals surface area contributed by atoms with Gasteiger partial charge in [-0.2, -0.15) is 0 Å². The van der Waals surface area contributed by atoms with Gasteiger partial charge in [-0.1, -0.05) is 11.6 Å². The molecule has 4 rings (SSSR count). The highest BCUT2D eigenvalue weighted by atomic mass is 16.3. The molecule has 0 bridgehead atoms. The van der Waals surface area contributed by atoms with Crippen molar-refractivity contribution in [2.75, 3.05) is 32.5 Å². The maximum atomic E-state index is 9.93. The third-order valence-corrected chi connectivity index (χ3v) is 5.98. The summed E-state index contributed by atoms with van der Waals surface area (Å²) < 4.78 is 2.41. The Bertz CT molecular complexity index is 1020.